The molecule has 3 aromatic carbocycles. The van der Waals surface area contributed by atoms with E-state index in [2.05, 4.69) is 5.32 Å². The SMILES string of the molecule is CCS(=O)(=O)c1ccc(CNC(=O)c2ccc(C3C(C(C)C)C(=O)N3c3cccc(Cl)c3)cc2)cc1. The van der Waals surface area contributed by atoms with Gasteiger partial charge in [0.25, 0.3) is 5.91 Å². The van der Waals surface area contributed by atoms with Gasteiger partial charge in [-0.2, -0.15) is 0 Å². The highest BCUT2D eigenvalue weighted by Gasteiger charge is 2.50. The third-order valence-corrected chi connectivity index (χ3v) is 8.56. The third-order valence-electron chi connectivity index (χ3n) is 6.58. The third kappa shape index (κ3) is 5.18. The van der Waals surface area contributed by atoms with E-state index in [1.54, 1.807) is 60.4 Å². The van der Waals surface area contributed by atoms with Crippen LogP contribution in [0.25, 0.3) is 0 Å². The summed E-state index contributed by atoms with van der Waals surface area (Å²) in [6, 6.07) is 21.0. The van der Waals surface area contributed by atoms with Gasteiger partial charge in [0.2, 0.25) is 5.91 Å². The van der Waals surface area contributed by atoms with E-state index in [0.717, 1.165) is 16.8 Å². The number of carbonyl (C=O) groups excluding carboxylic acids is 2. The quantitative estimate of drug-likeness (QED) is 0.399. The Bertz CT molecular complexity index is 1370. The highest BCUT2D eigenvalue weighted by atomic mass is 35.5. The number of amides is 2. The van der Waals surface area contributed by atoms with Crippen molar-refractivity contribution >= 4 is 38.9 Å². The lowest BCUT2D eigenvalue weighted by atomic mass is 9.75. The number of nitrogens with one attached hydrogen (secondary N) is 1. The zero-order valence-corrected chi connectivity index (χ0v) is 22.0. The van der Waals surface area contributed by atoms with Crippen molar-refractivity contribution in [1.29, 1.82) is 0 Å². The largest absolute Gasteiger partial charge is 0.348 e. The summed E-state index contributed by atoms with van der Waals surface area (Å²) in [6.07, 6.45) is 0. The zero-order valence-electron chi connectivity index (χ0n) is 20.4. The molecular weight excluding hydrogens is 496 g/mol. The lowest BCUT2D eigenvalue weighted by Gasteiger charge is -2.49. The molecule has 188 valence electrons. The van der Waals surface area contributed by atoms with Crippen molar-refractivity contribution in [3.63, 3.8) is 0 Å². The second-order valence-corrected chi connectivity index (χ2v) is 12.0. The van der Waals surface area contributed by atoms with Crippen LogP contribution in [0.5, 0.6) is 0 Å². The van der Waals surface area contributed by atoms with Crippen LogP contribution >= 0.6 is 11.6 Å². The number of halogens is 1. The molecule has 1 N–H and O–H groups in total. The molecule has 0 radical (unpaired) electrons. The highest BCUT2D eigenvalue weighted by molar-refractivity contribution is 7.91. The topological polar surface area (TPSA) is 83.5 Å². The molecule has 1 aliphatic heterocycles. The van der Waals surface area contributed by atoms with Gasteiger partial charge in [0.1, 0.15) is 0 Å². The van der Waals surface area contributed by atoms with E-state index < -0.39 is 9.84 Å². The number of sulfone groups is 1. The van der Waals surface area contributed by atoms with Gasteiger partial charge in [-0.05, 0) is 59.5 Å². The van der Waals surface area contributed by atoms with Crippen LogP contribution in [0, 0.1) is 11.8 Å². The van der Waals surface area contributed by atoms with Gasteiger partial charge in [-0.1, -0.05) is 62.7 Å². The summed E-state index contributed by atoms with van der Waals surface area (Å²) >= 11 is 6.17. The summed E-state index contributed by atoms with van der Waals surface area (Å²) in [5.74, 6) is -0.105. The summed E-state index contributed by atoms with van der Waals surface area (Å²) in [5.41, 5.74) is 3.02. The van der Waals surface area contributed by atoms with Gasteiger partial charge in [-0.25, -0.2) is 8.42 Å². The van der Waals surface area contributed by atoms with Crippen LogP contribution in [-0.2, 0) is 21.2 Å². The summed E-state index contributed by atoms with van der Waals surface area (Å²) in [7, 11) is -3.25. The molecule has 4 rings (SSSR count). The van der Waals surface area contributed by atoms with Crippen LogP contribution in [0.2, 0.25) is 5.02 Å². The monoisotopic (exact) mass is 524 g/mol. The summed E-state index contributed by atoms with van der Waals surface area (Å²) in [4.78, 5) is 27.7. The molecule has 8 heteroatoms. The van der Waals surface area contributed by atoms with Crippen LogP contribution in [0.1, 0.15) is 48.3 Å². The minimum atomic E-state index is -3.25. The Morgan fingerprint density at radius 3 is 2.28 bits per heavy atom. The molecule has 36 heavy (non-hydrogen) atoms. The van der Waals surface area contributed by atoms with Crippen molar-refractivity contribution in [3.05, 3.63) is 94.5 Å². The van der Waals surface area contributed by atoms with Crippen LogP contribution in [0.4, 0.5) is 5.69 Å². The molecule has 0 spiro atoms. The predicted molar refractivity (Wildman–Crippen MR) is 142 cm³/mol. The van der Waals surface area contributed by atoms with Crippen LogP contribution in [0.15, 0.2) is 77.7 Å². The number of anilines is 1. The minimum Gasteiger partial charge on any atom is -0.348 e. The fourth-order valence-electron chi connectivity index (χ4n) is 4.53. The average Bonchev–Trinajstić information content (AvgIpc) is 2.86. The Hall–Kier alpha value is -3.16. The average molecular weight is 525 g/mol. The number of β-lactam (4-membered cyclic amide) rings is 1. The van der Waals surface area contributed by atoms with Crippen LogP contribution in [-0.4, -0.2) is 26.0 Å². The maximum atomic E-state index is 13.0. The molecule has 0 aliphatic carbocycles. The highest BCUT2D eigenvalue weighted by Crippen LogP contribution is 2.47. The second kappa shape index (κ2) is 10.4. The smallest absolute Gasteiger partial charge is 0.251 e. The molecule has 2 unspecified atom stereocenters. The van der Waals surface area contributed by atoms with E-state index in [4.69, 9.17) is 11.6 Å². The minimum absolute atomic E-state index is 0.0445. The summed E-state index contributed by atoms with van der Waals surface area (Å²) < 4.78 is 23.9. The van der Waals surface area contributed by atoms with Gasteiger partial charge in [0.15, 0.2) is 9.84 Å². The van der Waals surface area contributed by atoms with Crippen molar-refractivity contribution in [1.82, 2.24) is 5.32 Å². The molecule has 1 aliphatic rings. The van der Waals surface area contributed by atoms with Crippen LogP contribution in [0.3, 0.4) is 0 Å². The van der Waals surface area contributed by atoms with Crippen LogP contribution < -0.4 is 10.2 Å². The van der Waals surface area contributed by atoms with Gasteiger partial charge < -0.3 is 10.2 Å². The molecule has 6 nitrogen and oxygen atoms in total. The Morgan fingerprint density at radius 1 is 1.03 bits per heavy atom. The van der Waals surface area contributed by atoms with Gasteiger partial charge in [-0.15, -0.1) is 0 Å². The summed E-state index contributed by atoms with van der Waals surface area (Å²) in [6.45, 7) is 5.96. The van der Waals surface area contributed by atoms with Gasteiger partial charge in [0, 0.05) is 22.8 Å². The van der Waals surface area contributed by atoms with Gasteiger partial charge >= 0.3 is 0 Å². The first kappa shape index (κ1) is 25.9. The number of hydrogen-bond acceptors (Lipinski definition) is 4. The first-order valence-corrected chi connectivity index (χ1v) is 13.9. The summed E-state index contributed by atoms with van der Waals surface area (Å²) in [5, 5.41) is 3.44. The normalized spacial score (nSPS) is 17.7. The first-order chi connectivity index (χ1) is 17.1. The molecular formula is C28H29ClN2O4S. The Labute approximate surface area is 217 Å². The first-order valence-electron chi connectivity index (χ1n) is 11.9. The zero-order chi connectivity index (χ0) is 26.0. The molecule has 3 aromatic rings. The molecule has 2 amide bonds. The Morgan fingerprint density at radius 2 is 1.69 bits per heavy atom. The van der Waals surface area contributed by atoms with E-state index >= 15 is 0 Å². The number of hydrogen-bond donors (Lipinski definition) is 1. The predicted octanol–water partition coefficient (Wildman–Crippen LogP) is 5.42. The fourth-order valence-corrected chi connectivity index (χ4v) is 5.60. The molecule has 1 fully saturated rings. The lowest BCUT2D eigenvalue weighted by molar-refractivity contribution is -0.132. The van der Waals surface area contributed by atoms with E-state index in [-0.39, 0.29) is 46.9 Å². The number of rotatable bonds is 8. The van der Waals surface area contributed by atoms with Crippen molar-refractivity contribution in [2.75, 3.05) is 10.7 Å². The van der Waals surface area contributed by atoms with Gasteiger partial charge in [-0.3, -0.25) is 9.59 Å². The van der Waals surface area contributed by atoms with E-state index in [1.807, 2.05) is 38.1 Å². The number of nitrogens with zero attached hydrogens (tertiary/aromatic N) is 1. The standard InChI is InChI=1S/C28H29ClN2O4S/c1-4-36(34,35)24-14-8-19(9-15-24)17-30-27(32)21-12-10-20(11-13-21)26-25(18(2)3)28(33)31(26)23-7-5-6-22(29)16-23/h5-16,18,25-26H,4,17H2,1-3H3,(H,30,32). The van der Waals surface area contributed by atoms with E-state index in [1.165, 1.54) is 0 Å². The maximum Gasteiger partial charge on any atom is 0.251 e. The molecule has 0 saturated carbocycles. The molecule has 1 saturated heterocycles. The number of carbonyl (C=O) groups is 2. The van der Waals surface area contributed by atoms with Crippen molar-refractivity contribution in [2.45, 2.75) is 38.3 Å². The number of benzene rings is 3. The van der Waals surface area contributed by atoms with Crippen molar-refractivity contribution in [2.24, 2.45) is 11.8 Å². The maximum absolute atomic E-state index is 13.0. The van der Waals surface area contributed by atoms with Crippen molar-refractivity contribution in [3.8, 4) is 0 Å². The van der Waals surface area contributed by atoms with E-state index in [9.17, 15) is 18.0 Å². The van der Waals surface area contributed by atoms with Gasteiger partial charge in [0.05, 0.1) is 22.6 Å². The molecule has 0 aromatic heterocycles. The van der Waals surface area contributed by atoms with Crippen molar-refractivity contribution < 1.29 is 18.0 Å². The second-order valence-electron chi connectivity index (χ2n) is 9.25. The molecule has 2 atom stereocenters. The Kier molecular flexibility index (Phi) is 7.52. The molecule has 0 bridgehead atoms. The fraction of sp³-hybridized carbons (Fsp3) is 0.286. The Balaban J connectivity index is 1.46. The van der Waals surface area contributed by atoms with E-state index in [0.29, 0.717) is 10.6 Å². The molecule has 1 heterocycles. The lowest BCUT2D eigenvalue weighted by Crippen LogP contribution is -2.57.